The van der Waals surface area contributed by atoms with Crippen LogP contribution in [0.25, 0.3) is 0 Å². The molecule has 0 spiro atoms. The number of furan rings is 1. The molecule has 144 valence electrons. The average molecular weight is 397 g/mol. The van der Waals surface area contributed by atoms with Crippen LogP contribution in [-0.2, 0) is 17.8 Å². The maximum Gasteiger partial charge on any atom is 0.260 e. The standard InChI is InChI=1S/C20H19N3O4S/c1-13-3-2-4-15(9-13)27-12-18(24)23-7-5-16-17(10-23)28-20(21-16)22-19(25)14-6-8-26-11-14/h2-4,6,8-9,11H,5,7,10,12H2,1H3,(H,21,22,25). The van der Waals surface area contributed by atoms with E-state index in [9.17, 15) is 9.59 Å². The SMILES string of the molecule is Cc1cccc(OCC(=O)N2CCc3nc(NC(=O)c4ccoc4)sc3C2)c1. The van der Waals surface area contributed by atoms with Crippen LogP contribution in [0.1, 0.15) is 26.5 Å². The molecule has 0 unspecified atom stereocenters. The van der Waals surface area contributed by atoms with Gasteiger partial charge in [-0.3, -0.25) is 14.9 Å². The number of amides is 2. The number of anilines is 1. The Morgan fingerprint density at radius 3 is 3.04 bits per heavy atom. The molecule has 0 fully saturated rings. The molecular formula is C20H19N3O4S. The zero-order valence-corrected chi connectivity index (χ0v) is 16.1. The predicted molar refractivity (Wildman–Crippen MR) is 105 cm³/mol. The molecule has 0 saturated heterocycles. The molecule has 0 bridgehead atoms. The van der Waals surface area contributed by atoms with Crippen molar-refractivity contribution in [2.75, 3.05) is 18.5 Å². The van der Waals surface area contributed by atoms with E-state index >= 15 is 0 Å². The summed E-state index contributed by atoms with van der Waals surface area (Å²) in [6.07, 6.45) is 3.49. The summed E-state index contributed by atoms with van der Waals surface area (Å²) in [6.45, 7) is 3.04. The van der Waals surface area contributed by atoms with Gasteiger partial charge in [0.05, 0.1) is 24.1 Å². The van der Waals surface area contributed by atoms with Crippen molar-refractivity contribution in [3.8, 4) is 5.75 Å². The molecule has 2 aromatic heterocycles. The van der Waals surface area contributed by atoms with Crippen LogP contribution in [0, 0.1) is 6.92 Å². The van der Waals surface area contributed by atoms with E-state index in [0.29, 0.717) is 36.0 Å². The fraction of sp³-hybridized carbons (Fsp3) is 0.250. The van der Waals surface area contributed by atoms with Gasteiger partial charge in [-0.1, -0.05) is 23.5 Å². The van der Waals surface area contributed by atoms with Crippen molar-refractivity contribution in [2.45, 2.75) is 19.9 Å². The lowest BCUT2D eigenvalue weighted by Crippen LogP contribution is -2.38. The summed E-state index contributed by atoms with van der Waals surface area (Å²) in [6, 6.07) is 9.22. The lowest BCUT2D eigenvalue weighted by atomic mass is 10.2. The number of aromatic nitrogens is 1. The third-order valence-electron chi connectivity index (χ3n) is 4.44. The first-order chi connectivity index (χ1) is 13.6. The first kappa shape index (κ1) is 18.2. The van der Waals surface area contributed by atoms with Crippen LogP contribution in [0.5, 0.6) is 5.75 Å². The lowest BCUT2D eigenvalue weighted by Gasteiger charge is -2.26. The van der Waals surface area contributed by atoms with Crippen LogP contribution in [0.15, 0.2) is 47.3 Å². The number of nitrogens with zero attached hydrogens (tertiary/aromatic N) is 2. The number of benzene rings is 1. The minimum Gasteiger partial charge on any atom is -0.484 e. The minimum atomic E-state index is -0.265. The number of carbonyl (C=O) groups is 2. The number of hydrogen-bond acceptors (Lipinski definition) is 6. The number of carbonyl (C=O) groups excluding carboxylic acids is 2. The monoisotopic (exact) mass is 397 g/mol. The second-order valence-corrected chi connectivity index (χ2v) is 7.61. The van der Waals surface area contributed by atoms with Gasteiger partial charge in [-0.15, -0.1) is 0 Å². The molecule has 1 N–H and O–H groups in total. The molecule has 1 aliphatic rings. The number of ether oxygens (including phenoxy) is 1. The van der Waals surface area contributed by atoms with Crippen molar-refractivity contribution in [3.63, 3.8) is 0 Å². The highest BCUT2D eigenvalue weighted by Crippen LogP contribution is 2.28. The fourth-order valence-electron chi connectivity index (χ4n) is 2.97. The molecular weight excluding hydrogens is 378 g/mol. The highest BCUT2D eigenvalue weighted by atomic mass is 32.1. The Labute approximate surface area is 165 Å². The van der Waals surface area contributed by atoms with Crippen molar-refractivity contribution in [1.29, 1.82) is 0 Å². The lowest BCUT2D eigenvalue weighted by molar-refractivity contribution is -0.134. The van der Waals surface area contributed by atoms with Gasteiger partial charge in [0, 0.05) is 17.8 Å². The van der Waals surface area contributed by atoms with E-state index in [4.69, 9.17) is 9.15 Å². The Morgan fingerprint density at radius 1 is 1.36 bits per heavy atom. The van der Waals surface area contributed by atoms with Gasteiger partial charge in [0.2, 0.25) is 0 Å². The smallest absolute Gasteiger partial charge is 0.260 e. The minimum absolute atomic E-state index is 0.00166. The number of rotatable bonds is 5. The first-order valence-electron chi connectivity index (χ1n) is 8.88. The van der Waals surface area contributed by atoms with Crippen molar-refractivity contribution >= 4 is 28.3 Å². The van der Waals surface area contributed by atoms with Gasteiger partial charge in [-0.25, -0.2) is 4.98 Å². The molecule has 3 aromatic rings. The van der Waals surface area contributed by atoms with E-state index in [1.54, 1.807) is 11.0 Å². The molecule has 8 heteroatoms. The number of thiazole rings is 1. The quantitative estimate of drug-likeness (QED) is 0.714. The molecule has 0 radical (unpaired) electrons. The molecule has 4 rings (SSSR count). The van der Waals surface area contributed by atoms with Crippen LogP contribution < -0.4 is 10.1 Å². The first-order valence-corrected chi connectivity index (χ1v) is 9.69. The number of nitrogens with one attached hydrogen (secondary N) is 1. The van der Waals surface area contributed by atoms with Gasteiger partial charge < -0.3 is 14.1 Å². The third kappa shape index (κ3) is 4.07. The van der Waals surface area contributed by atoms with Gasteiger partial charge >= 0.3 is 0 Å². The highest BCUT2D eigenvalue weighted by molar-refractivity contribution is 7.15. The van der Waals surface area contributed by atoms with Crippen molar-refractivity contribution in [1.82, 2.24) is 9.88 Å². The summed E-state index contributed by atoms with van der Waals surface area (Å²) in [5, 5.41) is 3.31. The van der Waals surface area contributed by atoms with E-state index < -0.39 is 0 Å². The molecule has 7 nitrogen and oxygen atoms in total. The normalized spacial score (nSPS) is 13.1. The molecule has 3 heterocycles. The zero-order chi connectivity index (χ0) is 19.5. The van der Waals surface area contributed by atoms with Gasteiger partial charge in [0.1, 0.15) is 12.0 Å². The summed E-state index contributed by atoms with van der Waals surface area (Å²) in [5.74, 6) is 0.358. The number of hydrogen-bond donors (Lipinski definition) is 1. The largest absolute Gasteiger partial charge is 0.484 e. The second kappa shape index (κ2) is 7.85. The molecule has 28 heavy (non-hydrogen) atoms. The fourth-order valence-corrected chi connectivity index (χ4v) is 3.99. The maximum absolute atomic E-state index is 12.5. The van der Waals surface area contributed by atoms with E-state index in [2.05, 4.69) is 10.3 Å². The zero-order valence-electron chi connectivity index (χ0n) is 15.3. The summed E-state index contributed by atoms with van der Waals surface area (Å²) in [7, 11) is 0. The van der Waals surface area contributed by atoms with Gasteiger partial charge in [0.15, 0.2) is 11.7 Å². The summed E-state index contributed by atoms with van der Waals surface area (Å²) in [5.41, 5.74) is 2.46. The second-order valence-electron chi connectivity index (χ2n) is 6.53. The Morgan fingerprint density at radius 2 is 2.25 bits per heavy atom. The van der Waals surface area contributed by atoms with Crippen LogP contribution in [0.4, 0.5) is 5.13 Å². The van der Waals surface area contributed by atoms with Crippen molar-refractivity contribution in [3.05, 3.63) is 64.6 Å². The molecule has 0 saturated carbocycles. The van der Waals surface area contributed by atoms with Crippen molar-refractivity contribution < 1.29 is 18.7 Å². The van der Waals surface area contributed by atoms with Crippen LogP contribution in [-0.4, -0.2) is 34.8 Å². The number of aryl methyl sites for hydroxylation is 1. The highest BCUT2D eigenvalue weighted by Gasteiger charge is 2.25. The van der Waals surface area contributed by atoms with Gasteiger partial charge in [0.25, 0.3) is 11.8 Å². The van der Waals surface area contributed by atoms with Crippen molar-refractivity contribution in [2.24, 2.45) is 0 Å². The summed E-state index contributed by atoms with van der Waals surface area (Å²) < 4.78 is 10.5. The summed E-state index contributed by atoms with van der Waals surface area (Å²) >= 11 is 1.39. The predicted octanol–water partition coefficient (Wildman–Crippen LogP) is 3.26. The van der Waals surface area contributed by atoms with E-state index in [1.165, 1.54) is 23.9 Å². The van der Waals surface area contributed by atoms with Gasteiger partial charge in [-0.05, 0) is 30.7 Å². The van der Waals surface area contributed by atoms with Gasteiger partial charge in [-0.2, -0.15) is 0 Å². The topological polar surface area (TPSA) is 84.7 Å². The maximum atomic E-state index is 12.5. The number of fused-ring (bicyclic) bond motifs is 1. The van der Waals surface area contributed by atoms with Crippen LogP contribution >= 0.6 is 11.3 Å². The molecule has 0 atom stereocenters. The molecule has 2 amide bonds. The average Bonchev–Trinajstić information content (AvgIpc) is 3.35. The Hall–Kier alpha value is -3.13. The van der Waals surface area contributed by atoms with E-state index in [1.807, 2.05) is 31.2 Å². The Bertz CT molecular complexity index is 997. The molecule has 0 aliphatic carbocycles. The van der Waals surface area contributed by atoms with E-state index in [-0.39, 0.29) is 18.4 Å². The van der Waals surface area contributed by atoms with E-state index in [0.717, 1.165) is 16.1 Å². The summed E-state index contributed by atoms with van der Waals surface area (Å²) in [4.78, 5) is 31.9. The van der Waals surface area contributed by atoms with Crippen LogP contribution in [0.3, 0.4) is 0 Å². The Balaban J connectivity index is 1.35. The Kier molecular flexibility index (Phi) is 5.12. The third-order valence-corrected chi connectivity index (χ3v) is 5.44. The molecule has 1 aliphatic heterocycles. The molecule has 1 aromatic carbocycles. The van der Waals surface area contributed by atoms with Crippen LogP contribution in [0.2, 0.25) is 0 Å².